The zero-order valence-corrected chi connectivity index (χ0v) is 14.5. The second-order valence-electron chi connectivity index (χ2n) is 6.58. The Balaban J connectivity index is 2.50. The van der Waals surface area contributed by atoms with E-state index in [1.807, 2.05) is 0 Å². The van der Waals surface area contributed by atoms with Crippen LogP contribution in [0.25, 0.3) is 0 Å². The molecule has 21 heavy (non-hydrogen) atoms. The summed E-state index contributed by atoms with van der Waals surface area (Å²) in [6, 6.07) is 0.260. The minimum atomic E-state index is -0.0221. The van der Waals surface area contributed by atoms with Crippen LogP contribution in [0.2, 0.25) is 0 Å². The third-order valence-electron chi connectivity index (χ3n) is 4.44. The van der Waals surface area contributed by atoms with Gasteiger partial charge in [-0.05, 0) is 65.1 Å². The topological polar surface area (TPSA) is 44.4 Å². The van der Waals surface area contributed by atoms with E-state index in [0.717, 1.165) is 45.4 Å². The molecule has 3 atom stereocenters. The van der Waals surface area contributed by atoms with Crippen LogP contribution in [0.3, 0.4) is 0 Å². The molecule has 0 bridgehead atoms. The fraction of sp³-hybridized carbons (Fsp3) is 0.941. The third kappa shape index (κ3) is 6.79. The van der Waals surface area contributed by atoms with Gasteiger partial charge in [0.15, 0.2) is 0 Å². The van der Waals surface area contributed by atoms with Gasteiger partial charge in [0.1, 0.15) is 0 Å². The molecule has 3 unspecified atom stereocenters. The molecular weight excluding hydrogens is 262 g/mol. The lowest BCUT2D eigenvalue weighted by molar-refractivity contribution is -0.126. The quantitative estimate of drug-likeness (QED) is 0.687. The molecule has 0 aliphatic carbocycles. The molecule has 1 amide bonds. The number of rotatable bonds is 9. The minimum Gasteiger partial charge on any atom is -0.352 e. The van der Waals surface area contributed by atoms with Gasteiger partial charge in [-0.25, -0.2) is 0 Å². The number of nitrogens with one attached hydrogen (secondary N) is 2. The second kappa shape index (κ2) is 10.2. The minimum absolute atomic E-state index is 0.0221. The first kappa shape index (κ1) is 18.4. The van der Waals surface area contributed by atoms with E-state index in [1.165, 1.54) is 12.8 Å². The van der Waals surface area contributed by atoms with Crippen LogP contribution in [0, 0.1) is 5.92 Å². The molecular formula is C17H35N3O. The Hall–Kier alpha value is -0.610. The van der Waals surface area contributed by atoms with E-state index < -0.39 is 0 Å². The molecule has 0 aromatic heterocycles. The zero-order chi connectivity index (χ0) is 15.7. The van der Waals surface area contributed by atoms with Crippen LogP contribution >= 0.6 is 0 Å². The number of hydrogen-bond donors (Lipinski definition) is 2. The summed E-state index contributed by atoms with van der Waals surface area (Å²) in [7, 11) is 0. The van der Waals surface area contributed by atoms with Crippen LogP contribution in [-0.4, -0.2) is 49.1 Å². The summed E-state index contributed by atoms with van der Waals surface area (Å²) in [4.78, 5) is 14.8. The van der Waals surface area contributed by atoms with Gasteiger partial charge in [-0.2, -0.15) is 0 Å². The number of nitrogens with zero attached hydrogens (tertiary/aromatic N) is 1. The zero-order valence-electron chi connectivity index (χ0n) is 14.5. The molecule has 0 radical (unpaired) electrons. The summed E-state index contributed by atoms with van der Waals surface area (Å²) in [6.45, 7) is 12.8. The number of hydrogen-bond acceptors (Lipinski definition) is 3. The lowest BCUT2D eigenvalue weighted by Crippen LogP contribution is -2.50. The van der Waals surface area contributed by atoms with Gasteiger partial charge >= 0.3 is 0 Å². The van der Waals surface area contributed by atoms with Crippen molar-refractivity contribution in [2.45, 2.75) is 71.9 Å². The second-order valence-corrected chi connectivity index (χ2v) is 6.58. The Kier molecular flexibility index (Phi) is 8.93. The highest BCUT2D eigenvalue weighted by Gasteiger charge is 2.25. The summed E-state index contributed by atoms with van der Waals surface area (Å²) in [5, 5.41) is 6.63. The number of amides is 1. The summed E-state index contributed by atoms with van der Waals surface area (Å²) in [5.41, 5.74) is 0. The smallest absolute Gasteiger partial charge is 0.237 e. The Morgan fingerprint density at radius 1 is 1.33 bits per heavy atom. The van der Waals surface area contributed by atoms with Gasteiger partial charge in [0, 0.05) is 12.6 Å². The largest absolute Gasteiger partial charge is 0.352 e. The summed E-state index contributed by atoms with van der Waals surface area (Å²) in [5.74, 6) is 0.877. The highest BCUT2D eigenvalue weighted by molar-refractivity contribution is 5.81. The van der Waals surface area contributed by atoms with Crippen molar-refractivity contribution in [3.8, 4) is 0 Å². The summed E-state index contributed by atoms with van der Waals surface area (Å²) >= 11 is 0. The van der Waals surface area contributed by atoms with Gasteiger partial charge < -0.3 is 10.6 Å². The molecule has 2 N–H and O–H groups in total. The van der Waals surface area contributed by atoms with E-state index in [0.29, 0.717) is 5.92 Å². The summed E-state index contributed by atoms with van der Waals surface area (Å²) in [6.07, 6.45) is 5.82. The molecule has 1 aliphatic rings. The molecule has 0 aromatic carbocycles. The van der Waals surface area contributed by atoms with Gasteiger partial charge in [-0.15, -0.1) is 0 Å². The molecule has 1 fully saturated rings. The predicted molar refractivity (Wildman–Crippen MR) is 89.4 cm³/mol. The normalized spacial score (nSPS) is 22.0. The molecule has 124 valence electrons. The van der Waals surface area contributed by atoms with E-state index in [2.05, 4.69) is 43.2 Å². The molecule has 4 heteroatoms. The van der Waals surface area contributed by atoms with Crippen LogP contribution < -0.4 is 10.6 Å². The van der Waals surface area contributed by atoms with Crippen LogP contribution in [0.5, 0.6) is 0 Å². The van der Waals surface area contributed by atoms with E-state index >= 15 is 0 Å². The number of piperidine rings is 1. The first-order valence-corrected chi connectivity index (χ1v) is 8.83. The first-order chi connectivity index (χ1) is 10.1. The van der Waals surface area contributed by atoms with Crippen LogP contribution in [0.4, 0.5) is 0 Å². The Labute approximate surface area is 131 Å². The standard InChI is InChI=1S/C17H35N3O/c1-5-8-14(3)19-17(21)15(4)20(11-6-2)13-16-9-7-10-18-12-16/h14-16,18H,5-13H2,1-4H3,(H,19,21). The van der Waals surface area contributed by atoms with Gasteiger partial charge in [0.05, 0.1) is 6.04 Å². The van der Waals surface area contributed by atoms with Crippen molar-refractivity contribution in [3.05, 3.63) is 0 Å². The van der Waals surface area contributed by atoms with Gasteiger partial charge in [0.2, 0.25) is 5.91 Å². The Bertz CT molecular complexity index is 290. The lowest BCUT2D eigenvalue weighted by atomic mass is 9.98. The molecule has 1 rings (SSSR count). The van der Waals surface area contributed by atoms with Crippen LogP contribution in [-0.2, 0) is 4.79 Å². The van der Waals surface area contributed by atoms with Crippen molar-refractivity contribution in [3.63, 3.8) is 0 Å². The molecule has 1 aliphatic heterocycles. The molecule has 1 saturated heterocycles. The van der Waals surface area contributed by atoms with Crippen molar-refractivity contribution >= 4 is 5.91 Å². The predicted octanol–water partition coefficient (Wildman–Crippen LogP) is 2.39. The van der Waals surface area contributed by atoms with Gasteiger partial charge in [0.25, 0.3) is 0 Å². The van der Waals surface area contributed by atoms with Gasteiger partial charge in [-0.1, -0.05) is 20.3 Å². The maximum absolute atomic E-state index is 12.4. The van der Waals surface area contributed by atoms with E-state index in [4.69, 9.17) is 0 Å². The van der Waals surface area contributed by atoms with Crippen LogP contribution in [0.1, 0.15) is 59.8 Å². The van der Waals surface area contributed by atoms with E-state index in [9.17, 15) is 4.79 Å². The first-order valence-electron chi connectivity index (χ1n) is 8.83. The van der Waals surface area contributed by atoms with E-state index in [-0.39, 0.29) is 18.0 Å². The van der Waals surface area contributed by atoms with E-state index in [1.54, 1.807) is 0 Å². The van der Waals surface area contributed by atoms with Crippen molar-refractivity contribution < 1.29 is 4.79 Å². The van der Waals surface area contributed by atoms with Crippen LogP contribution in [0.15, 0.2) is 0 Å². The molecule has 1 heterocycles. The van der Waals surface area contributed by atoms with Crippen molar-refractivity contribution in [1.82, 2.24) is 15.5 Å². The molecule has 0 aromatic rings. The molecule has 4 nitrogen and oxygen atoms in total. The monoisotopic (exact) mass is 297 g/mol. The fourth-order valence-electron chi connectivity index (χ4n) is 3.18. The molecule has 0 saturated carbocycles. The fourth-order valence-corrected chi connectivity index (χ4v) is 3.18. The Morgan fingerprint density at radius 2 is 2.10 bits per heavy atom. The number of carbonyl (C=O) groups excluding carboxylic acids is 1. The molecule has 0 spiro atoms. The third-order valence-corrected chi connectivity index (χ3v) is 4.44. The lowest BCUT2D eigenvalue weighted by Gasteiger charge is -2.33. The SMILES string of the molecule is CCCC(C)NC(=O)C(C)N(CCC)CC1CCCNC1. The summed E-state index contributed by atoms with van der Waals surface area (Å²) < 4.78 is 0. The average Bonchev–Trinajstić information content (AvgIpc) is 2.47. The Morgan fingerprint density at radius 3 is 2.67 bits per heavy atom. The number of carbonyl (C=O) groups is 1. The average molecular weight is 297 g/mol. The van der Waals surface area contributed by atoms with Gasteiger partial charge in [-0.3, -0.25) is 9.69 Å². The van der Waals surface area contributed by atoms with Crippen molar-refractivity contribution in [1.29, 1.82) is 0 Å². The highest BCUT2D eigenvalue weighted by atomic mass is 16.2. The maximum atomic E-state index is 12.4. The maximum Gasteiger partial charge on any atom is 0.237 e. The van der Waals surface area contributed by atoms with Crippen molar-refractivity contribution in [2.75, 3.05) is 26.2 Å². The highest BCUT2D eigenvalue weighted by Crippen LogP contribution is 2.14. The van der Waals surface area contributed by atoms with Crippen molar-refractivity contribution in [2.24, 2.45) is 5.92 Å².